The van der Waals surface area contributed by atoms with Crippen LogP contribution in [0.5, 0.6) is 0 Å². The predicted molar refractivity (Wildman–Crippen MR) is 87.7 cm³/mol. The van der Waals surface area contributed by atoms with Crippen molar-refractivity contribution in [1.82, 2.24) is 10.3 Å². The van der Waals surface area contributed by atoms with Gasteiger partial charge in [0.1, 0.15) is 6.04 Å². The summed E-state index contributed by atoms with van der Waals surface area (Å²) >= 11 is 0. The first-order chi connectivity index (χ1) is 11.3. The SMILES string of the molecule is CCC(C)C(NC(=O)Cc1c[nH]c2ccc([N+](=O)[O-])cc12)C(=O)O. The molecule has 0 fully saturated rings. The van der Waals surface area contributed by atoms with E-state index in [2.05, 4.69) is 10.3 Å². The molecule has 0 radical (unpaired) electrons. The summed E-state index contributed by atoms with van der Waals surface area (Å²) in [4.78, 5) is 36.8. The van der Waals surface area contributed by atoms with Crippen molar-refractivity contribution < 1.29 is 19.6 Å². The first-order valence-corrected chi connectivity index (χ1v) is 7.60. The Morgan fingerprint density at radius 1 is 1.42 bits per heavy atom. The average molecular weight is 333 g/mol. The van der Waals surface area contributed by atoms with Crippen molar-refractivity contribution in [2.45, 2.75) is 32.7 Å². The number of aromatic nitrogens is 1. The topological polar surface area (TPSA) is 125 Å². The van der Waals surface area contributed by atoms with Gasteiger partial charge in [0.05, 0.1) is 11.3 Å². The van der Waals surface area contributed by atoms with Crippen LogP contribution in [-0.2, 0) is 16.0 Å². The van der Waals surface area contributed by atoms with E-state index in [1.807, 2.05) is 6.92 Å². The van der Waals surface area contributed by atoms with Crippen LogP contribution in [0, 0.1) is 16.0 Å². The summed E-state index contributed by atoms with van der Waals surface area (Å²) in [6.07, 6.45) is 2.17. The minimum Gasteiger partial charge on any atom is -0.480 e. The standard InChI is InChI=1S/C16H19N3O5/c1-3-9(2)15(16(21)22)18-14(20)6-10-8-17-13-5-4-11(19(23)24)7-12(10)13/h4-5,7-9,15,17H,3,6H2,1-2H3,(H,18,20)(H,21,22). The highest BCUT2D eigenvalue weighted by atomic mass is 16.6. The molecule has 0 saturated carbocycles. The van der Waals surface area contributed by atoms with Crippen molar-refractivity contribution in [3.8, 4) is 0 Å². The number of nitrogens with one attached hydrogen (secondary N) is 2. The fourth-order valence-corrected chi connectivity index (χ4v) is 2.51. The first-order valence-electron chi connectivity index (χ1n) is 7.60. The van der Waals surface area contributed by atoms with Crippen molar-refractivity contribution >= 4 is 28.5 Å². The van der Waals surface area contributed by atoms with E-state index >= 15 is 0 Å². The van der Waals surface area contributed by atoms with Gasteiger partial charge in [-0.3, -0.25) is 14.9 Å². The van der Waals surface area contributed by atoms with Gasteiger partial charge in [0, 0.05) is 29.2 Å². The number of aromatic amines is 1. The number of hydrogen-bond donors (Lipinski definition) is 3. The molecule has 0 saturated heterocycles. The maximum Gasteiger partial charge on any atom is 0.326 e. The molecule has 128 valence electrons. The second-order valence-corrected chi connectivity index (χ2v) is 5.75. The highest BCUT2D eigenvalue weighted by molar-refractivity contribution is 5.91. The van der Waals surface area contributed by atoms with E-state index in [1.54, 1.807) is 19.2 Å². The molecule has 0 spiro atoms. The lowest BCUT2D eigenvalue weighted by Crippen LogP contribution is -2.45. The summed E-state index contributed by atoms with van der Waals surface area (Å²) in [5.74, 6) is -1.71. The molecular formula is C16H19N3O5. The lowest BCUT2D eigenvalue weighted by Gasteiger charge is -2.20. The molecule has 24 heavy (non-hydrogen) atoms. The van der Waals surface area contributed by atoms with Gasteiger partial charge in [-0.25, -0.2) is 4.79 Å². The van der Waals surface area contributed by atoms with Crippen molar-refractivity contribution in [1.29, 1.82) is 0 Å². The zero-order chi connectivity index (χ0) is 17.9. The molecule has 0 bridgehead atoms. The third kappa shape index (κ3) is 3.70. The number of nitro benzene ring substituents is 1. The molecule has 2 rings (SSSR count). The van der Waals surface area contributed by atoms with E-state index in [0.717, 1.165) is 0 Å². The molecule has 0 aliphatic rings. The van der Waals surface area contributed by atoms with Gasteiger partial charge < -0.3 is 15.4 Å². The summed E-state index contributed by atoms with van der Waals surface area (Å²) in [6.45, 7) is 3.61. The number of carboxylic acid groups (broad SMARTS) is 1. The minimum absolute atomic E-state index is 0.0542. The molecule has 1 amide bonds. The molecule has 3 N–H and O–H groups in total. The molecule has 0 aliphatic carbocycles. The van der Waals surface area contributed by atoms with Crippen LogP contribution in [0.25, 0.3) is 10.9 Å². The molecular weight excluding hydrogens is 314 g/mol. The molecule has 1 aromatic carbocycles. The van der Waals surface area contributed by atoms with Gasteiger partial charge in [0.25, 0.3) is 5.69 Å². The van der Waals surface area contributed by atoms with Crippen LogP contribution < -0.4 is 5.32 Å². The number of nitro groups is 1. The third-order valence-electron chi connectivity index (χ3n) is 4.11. The quantitative estimate of drug-likeness (QED) is 0.529. The molecule has 8 heteroatoms. The van der Waals surface area contributed by atoms with Crippen LogP contribution in [-0.4, -0.2) is 32.9 Å². The number of carbonyl (C=O) groups is 2. The highest BCUT2D eigenvalue weighted by Gasteiger charge is 2.25. The molecule has 1 heterocycles. The number of non-ortho nitro benzene ring substituents is 1. The second kappa shape index (κ2) is 7.12. The number of aliphatic carboxylic acids is 1. The van der Waals surface area contributed by atoms with Crippen molar-refractivity contribution in [3.63, 3.8) is 0 Å². The van der Waals surface area contributed by atoms with Crippen LogP contribution in [0.1, 0.15) is 25.8 Å². The highest BCUT2D eigenvalue weighted by Crippen LogP contribution is 2.24. The Hall–Kier alpha value is -2.90. The van der Waals surface area contributed by atoms with Crippen molar-refractivity contribution in [2.75, 3.05) is 0 Å². The van der Waals surface area contributed by atoms with E-state index in [-0.39, 0.29) is 18.0 Å². The smallest absolute Gasteiger partial charge is 0.326 e. The van der Waals surface area contributed by atoms with E-state index in [0.29, 0.717) is 22.9 Å². The number of carbonyl (C=O) groups excluding carboxylic acids is 1. The van der Waals surface area contributed by atoms with Gasteiger partial charge in [-0.15, -0.1) is 0 Å². The molecule has 8 nitrogen and oxygen atoms in total. The van der Waals surface area contributed by atoms with Crippen molar-refractivity contribution in [2.24, 2.45) is 5.92 Å². The van der Waals surface area contributed by atoms with Crippen LogP contribution in [0.15, 0.2) is 24.4 Å². The van der Waals surface area contributed by atoms with E-state index in [1.165, 1.54) is 12.1 Å². The number of amides is 1. The molecule has 1 aromatic heterocycles. The van der Waals surface area contributed by atoms with Gasteiger partial charge in [0.2, 0.25) is 5.91 Å². The van der Waals surface area contributed by atoms with Crippen LogP contribution in [0.2, 0.25) is 0 Å². The number of H-pyrrole nitrogens is 1. The maximum absolute atomic E-state index is 12.2. The van der Waals surface area contributed by atoms with E-state index in [9.17, 15) is 24.8 Å². The van der Waals surface area contributed by atoms with Gasteiger partial charge >= 0.3 is 5.97 Å². The Labute approximate surface area is 138 Å². The first kappa shape index (κ1) is 17.5. The number of benzene rings is 1. The van der Waals surface area contributed by atoms with E-state index in [4.69, 9.17) is 0 Å². The van der Waals surface area contributed by atoms with Gasteiger partial charge in [-0.05, 0) is 17.5 Å². The number of carboxylic acids is 1. The fourth-order valence-electron chi connectivity index (χ4n) is 2.51. The summed E-state index contributed by atoms with van der Waals surface area (Å²) < 4.78 is 0. The Balaban J connectivity index is 2.19. The summed E-state index contributed by atoms with van der Waals surface area (Å²) in [7, 11) is 0. The zero-order valence-corrected chi connectivity index (χ0v) is 13.4. The number of fused-ring (bicyclic) bond motifs is 1. The van der Waals surface area contributed by atoms with Gasteiger partial charge in [-0.2, -0.15) is 0 Å². The molecule has 0 aliphatic heterocycles. The average Bonchev–Trinajstić information content (AvgIpc) is 2.93. The second-order valence-electron chi connectivity index (χ2n) is 5.75. The predicted octanol–water partition coefficient (Wildman–Crippen LogP) is 2.23. The maximum atomic E-state index is 12.2. The Morgan fingerprint density at radius 3 is 2.71 bits per heavy atom. The zero-order valence-electron chi connectivity index (χ0n) is 13.4. The molecule has 2 aromatic rings. The van der Waals surface area contributed by atoms with Crippen LogP contribution >= 0.6 is 0 Å². The number of hydrogen-bond acceptors (Lipinski definition) is 4. The van der Waals surface area contributed by atoms with Gasteiger partial charge in [-0.1, -0.05) is 20.3 Å². The summed E-state index contributed by atoms with van der Waals surface area (Å²) in [5, 5.41) is 23.2. The fraction of sp³-hybridized carbons (Fsp3) is 0.375. The van der Waals surface area contributed by atoms with Crippen LogP contribution in [0.4, 0.5) is 5.69 Å². The summed E-state index contributed by atoms with van der Waals surface area (Å²) in [5.41, 5.74) is 1.20. The van der Waals surface area contributed by atoms with E-state index < -0.39 is 22.8 Å². The van der Waals surface area contributed by atoms with Crippen molar-refractivity contribution in [3.05, 3.63) is 40.1 Å². The Morgan fingerprint density at radius 2 is 2.12 bits per heavy atom. The number of nitrogens with zero attached hydrogens (tertiary/aromatic N) is 1. The summed E-state index contributed by atoms with van der Waals surface area (Å²) in [6, 6.07) is 3.40. The van der Waals surface area contributed by atoms with Gasteiger partial charge in [0.15, 0.2) is 0 Å². The Bertz CT molecular complexity index is 783. The lowest BCUT2D eigenvalue weighted by molar-refractivity contribution is -0.384. The minimum atomic E-state index is -1.08. The number of rotatable bonds is 7. The monoisotopic (exact) mass is 333 g/mol. The Kier molecular flexibility index (Phi) is 5.18. The lowest BCUT2D eigenvalue weighted by atomic mass is 9.99. The largest absolute Gasteiger partial charge is 0.480 e. The normalized spacial score (nSPS) is 13.4. The third-order valence-corrected chi connectivity index (χ3v) is 4.11. The molecule has 2 atom stereocenters. The molecule has 2 unspecified atom stereocenters. The van der Waals surface area contributed by atoms with Crippen LogP contribution in [0.3, 0.4) is 0 Å².